The first kappa shape index (κ1) is 17.6. The fraction of sp³-hybridized carbons (Fsp3) is 1.00. The third kappa shape index (κ3) is 4.78. The van der Waals surface area contributed by atoms with Crippen LogP contribution in [-0.2, 0) is 25.8 Å². The van der Waals surface area contributed by atoms with Crippen molar-refractivity contribution in [2.45, 2.75) is 63.8 Å². The van der Waals surface area contributed by atoms with E-state index in [1.54, 1.807) is 13.8 Å². The van der Waals surface area contributed by atoms with Crippen LogP contribution in [0.25, 0.3) is 0 Å². The molecule has 0 spiro atoms. The van der Waals surface area contributed by atoms with Crippen LogP contribution in [0.2, 0.25) is 0 Å². The number of hydrogen-bond donors (Lipinski definition) is 2. The molecule has 19 heavy (non-hydrogen) atoms. The van der Waals surface area contributed by atoms with Crippen molar-refractivity contribution < 1.29 is 24.0 Å². The molecular weight excluding hydrogens is 286 g/mol. The van der Waals surface area contributed by atoms with Crippen LogP contribution in [0, 0.1) is 0 Å². The predicted octanol–water partition coefficient (Wildman–Crippen LogP) is 0.761. The van der Waals surface area contributed by atoms with Gasteiger partial charge in [0, 0.05) is 11.7 Å². The van der Waals surface area contributed by atoms with E-state index in [-0.39, 0.29) is 18.4 Å². The zero-order valence-electron chi connectivity index (χ0n) is 11.7. The van der Waals surface area contributed by atoms with Gasteiger partial charge in [0.25, 0.3) is 0 Å². The molecule has 0 saturated carbocycles. The first-order valence-corrected chi connectivity index (χ1v) is 9.11. The van der Waals surface area contributed by atoms with Gasteiger partial charge in [-0.1, -0.05) is 13.8 Å². The molecule has 110 valence electrons. The monoisotopic (exact) mass is 308 g/mol. The van der Waals surface area contributed by atoms with E-state index in [4.69, 9.17) is 33.7 Å². The Hall–Kier alpha value is 0.515. The number of rotatable bonds is 6. The zero-order valence-corrected chi connectivity index (χ0v) is 13.4. The van der Waals surface area contributed by atoms with E-state index in [9.17, 15) is 10.00 Å². The number of ether oxygens (including phenoxy) is 2. The summed E-state index contributed by atoms with van der Waals surface area (Å²) in [6, 6.07) is -0.854. The van der Waals surface area contributed by atoms with E-state index in [2.05, 4.69) is 0 Å². The maximum Gasteiger partial charge on any atom is 0.189 e. The molecule has 2 radical (unpaired) electrons. The van der Waals surface area contributed by atoms with Gasteiger partial charge in [0.05, 0.1) is 12.7 Å². The number of aliphatic hydroxyl groups is 1. The molecule has 1 saturated heterocycles. The fourth-order valence-electron chi connectivity index (χ4n) is 1.61. The molecule has 5 atom stereocenters. The molecule has 1 aliphatic rings. The molecule has 1 unspecified atom stereocenters. The fourth-order valence-corrected chi connectivity index (χ4v) is 2.77. The maximum absolute atomic E-state index is 10.1. The van der Waals surface area contributed by atoms with Gasteiger partial charge in [-0.3, -0.25) is 0 Å². The van der Waals surface area contributed by atoms with Gasteiger partial charge in [-0.2, -0.15) is 0 Å². The molecule has 0 aromatic heterocycles. The molecule has 0 aromatic carbocycles. The van der Waals surface area contributed by atoms with Crippen LogP contribution in [0.5, 0.6) is 0 Å². The molecule has 1 rings (SSSR count). The minimum Gasteiger partial charge on any atom is -0.388 e. The van der Waals surface area contributed by atoms with Crippen molar-refractivity contribution in [2.24, 2.45) is 0 Å². The highest BCUT2D eigenvalue weighted by Gasteiger charge is 2.44. The molecule has 5 nitrogen and oxygen atoms in total. The van der Waals surface area contributed by atoms with Crippen molar-refractivity contribution in [1.82, 2.24) is 0 Å². The van der Waals surface area contributed by atoms with Gasteiger partial charge in [0.2, 0.25) is 0 Å². The lowest BCUT2D eigenvalue weighted by molar-refractivity contribution is -0.0426. The molecular formula is C11H22BO5PS. The van der Waals surface area contributed by atoms with Crippen molar-refractivity contribution in [3.05, 3.63) is 0 Å². The highest BCUT2D eigenvalue weighted by atomic mass is 32.5. The second-order valence-electron chi connectivity index (χ2n) is 5.24. The van der Waals surface area contributed by atoms with Crippen LogP contribution in [0.4, 0.5) is 0 Å². The van der Waals surface area contributed by atoms with Gasteiger partial charge in [0.1, 0.15) is 26.2 Å². The Morgan fingerprint density at radius 1 is 1.37 bits per heavy atom. The van der Waals surface area contributed by atoms with Crippen LogP contribution >= 0.6 is 6.49 Å². The number of hydrogen-bond acceptors (Lipinski definition) is 5. The highest BCUT2D eigenvalue weighted by molar-refractivity contribution is 8.09. The Kier molecular flexibility index (Phi) is 6.46. The molecule has 2 N–H and O–H groups in total. The van der Waals surface area contributed by atoms with E-state index < -0.39 is 30.8 Å². The van der Waals surface area contributed by atoms with Gasteiger partial charge >= 0.3 is 0 Å². The summed E-state index contributed by atoms with van der Waals surface area (Å²) < 4.78 is 16.4. The smallest absolute Gasteiger partial charge is 0.189 e. The van der Waals surface area contributed by atoms with Crippen LogP contribution in [0.15, 0.2) is 0 Å². The Morgan fingerprint density at radius 3 is 2.42 bits per heavy atom. The summed E-state index contributed by atoms with van der Waals surface area (Å²) >= 11 is 5.08. The Bertz CT molecular complexity index is 341. The zero-order chi connectivity index (χ0) is 14.8. The van der Waals surface area contributed by atoms with Crippen LogP contribution in [0.3, 0.4) is 0 Å². The van der Waals surface area contributed by atoms with Crippen molar-refractivity contribution in [3.8, 4) is 0 Å². The van der Waals surface area contributed by atoms with Gasteiger partial charge in [-0.15, -0.1) is 0 Å². The van der Waals surface area contributed by atoms with E-state index in [0.717, 1.165) is 0 Å². The third-order valence-corrected chi connectivity index (χ3v) is 6.26. The molecule has 1 fully saturated rings. The van der Waals surface area contributed by atoms with Gasteiger partial charge < -0.3 is 24.0 Å². The van der Waals surface area contributed by atoms with Gasteiger partial charge in [-0.05, 0) is 25.7 Å². The van der Waals surface area contributed by atoms with E-state index in [0.29, 0.717) is 0 Å². The lowest BCUT2D eigenvalue weighted by Gasteiger charge is -2.28. The van der Waals surface area contributed by atoms with Crippen molar-refractivity contribution in [3.63, 3.8) is 0 Å². The Balaban J connectivity index is 2.72. The summed E-state index contributed by atoms with van der Waals surface area (Å²) in [5.74, 6) is 0. The van der Waals surface area contributed by atoms with E-state index in [1.165, 1.54) is 0 Å². The van der Waals surface area contributed by atoms with Crippen molar-refractivity contribution in [1.29, 1.82) is 0 Å². The molecule has 0 aliphatic carbocycles. The molecule has 1 aliphatic heterocycles. The largest absolute Gasteiger partial charge is 0.388 e. The molecule has 1 heterocycles. The lowest BCUT2D eigenvalue weighted by Crippen LogP contribution is -2.37. The molecule has 8 heteroatoms. The van der Waals surface area contributed by atoms with Crippen LogP contribution in [-0.4, -0.2) is 60.5 Å². The summed E-state index contributed by atoms with van der Waals surface area (Å²) in [6.07, 6.45) is -2.28. The van der Waals surface area contributed by atoms with E-state index >= 15 is 0 Å². The summed E-state index contributed by atoms with van der Waals surface area (Å²) in [7, 11) is 5.65. The minimum atomic E-state index is -2.98. The molecule has 0 aromatic rings. The predicted molar refractivity (Wildman–Crippen MR) is 78.0 cm³/mol. The van der Waals surface area contributed by atoms with E-state index in [1.807, 2.05) is 13.8 Å². The first-order valence-electron chi connectivity index (χ1n) is 6.36. The summed E-state index contributed by atoms with van der Waals surface area (Å²) in [4.78, 5) is 10.1. The summed E-state index contributed by atoms with van der Waals surface area (Å²) in [5.41, 5.74) is -0.196. The third-order valence-electron chi connectivity index (χ3n) is 2.89. The summed E-state index contributed by atoms with van der Waals surface area (Å²) in [6.45, 7) is 4.61. The van der Waals surface area contributed by atoms with Crippen molar-refractivity contribution >= 4 is 26.1 Å². The topological polar surface area (TPSA) is 68.2 Å². The van der Waals surface area contributed by atoms with Gasteiger partial charge in [0.15, 0.2) is 6.49 Å². The second kappa shape index (κ2) is 6.99. The number of aliphatic hydroxyl groups excluding tert-OH is 1. The average molecular weight is 308 g/mol. The lowest BCUT2D eigenvalue weighted by atomic mass is 9.93. The minimum absolute atomic E-state index is 0.0282. The van der Waals surface area contributed by atoms with Crippen LogP contribution in [0.1, 0.15) is 27.7 Å². The quantitative estimate of drug-likeness (QED) is 0.558. The second-order valence-corrected chi connectivity index (χ2v) is 9.18. The SMILES string of the molecule is [B][C@@H]1O[C@H](COC(C)C)[C@@H](OP(O)(=S)C(C)C)[C@H]1O. The average Bonchev–Trinajstić information content (AvgIpc) is 2.53. The normalized spacial score (nSPS) is 34.9. The highest BCUT2D eigenvalue weighted by Crippen LogP contribution is 2.50. The standard InChI is InChI=1S/C11H22BO5PS/c1-6(2)15-5-8-10(9(13)11(12)16-8)17-18(14,19)7(3)4/h6-11,13H,5H2,1-4H3,(H,14,19)/t8-,9-,10-,11-,18?/m1/s1. The molecule has 0 amide bonds. The first-order chi connectivity index (χ1) is 8.65. The van der Waals surface area contributed by atoms with Crippen LogP contribution < -0.4 is 0 Å². The Morgan fingerprint density at radius 2 is 1.95 bits per heavy atom. The summed E-state index contributed by atoms with van der Waals surface area (Å²) in [5, 5.41) is 9.97. The van der Waals surface area contributed by atoms with Gasteiger partial charge in [-0.25, -0.2) is 0 Å². The maximum atomic E-state index is 10.1. The molecule has 0 bridgehead atoms. The van der Waals surface area contributed by atoms with Crippen molar-refractivity contribution in [2.75, 3.05) is 6.61 Å². The Labute approximate surface area is 121 Å².